The Bertz CT molecular complexity index is 1010. The molecule has 0 radical (unpaired) electrons. The third-order valence-electron chi connectivity index (χ3n) is 4.38. The van der Waals surface area contributed by atoms with Gasteiger partial charge in [0, 0.05) is 25.9 Å². The smallest absolute Gasteiger partial charge is 0.165 e. The van der Waals surface area contributed by atoms with Crippen molar-refractivity contribution < 1.29 is 13.6 Å². The summed E-state index contributed by atoms with van der Waals surface area (Å²) in [7, 11) is 0. The molecule has 0 saturated carbocycles. The number of nitrogens with zero attached hydrogens (tertiary/aromatic N) is 3. The average Bonchev–Trinajstić information content (AvgIpc) is 2.98. The molecule has 26 heavy (non-hydrogen) atoms. The van der Waals surface area contributed by atoms with Crippen molar-refractivity contribution in [3.8, 4) is 11.4 Å². The Hall–Kier alpha value is -2.12. The number of aromatic nitrogens is 2. The van der Waals surface area contributed by atoms with E-state index in [1.165, 1.54) is 11.3 Å². The molecule has 4 nitrogen and oxygen atoms in total. The number of ketones is 1. The minimum atomic E-state index is -0.723. The lowest BCUT2D eigenvalue weighted by Gasteiger charge is -2.22. The Balaban J connectivity index is 1.85. The third kappa shape index (κ3) is 3.17. The summed E-state index contributed by atoms with van der Waals surface area (Å²) in [6, 6.07) is 3.76. The van der Waals surface area contributed by atoms with Gasteiger partial charge in [0.2, 0.25) is 0 Å². The van der Waals surface area contributed by atoms with Gasteiger partial charge in [-0.15, -0.1) is 11.3 Å². The number of hydrogen-bond acceptors (Lipinski definition) is 5. The molecule has 0 atom stereocenters. The molecular weight excluding hydrogens is 380 g/mol. The van der Waals surface area contributed by atoms with Gasteiger partial charge in [-0.2, -0.15) is 0 Å². The largest absolute Gasteiger partial charge is 0.355 e. The summed E-state index contributed by atoms with van der Waals surface area (Å²) in [6.07, 6.45) is 1.75. The van der Waals surface area contributed by atoms with Crippen LogP contribution in [0.15, 0.2) is 23.6 Å². The molecule has 4 rings (SSSR count). The summed E-state index contributed by atoms with van der Waals surface area (Å²) in [5, 5.41) is 1.60. The Labute approximate surface area is 157 Å². The van der Waals surface area contributed by atoms with Crippen LogP contribution in [-0.2, 0) is 4.79 Å². The van der Waals surface area contributed by atoms with Gasteiger partial charge in [0.05, 0.1) is 20.8 Å². The topological polar surface area (TPSA) is 46.1 Å². The van der Waals surface area contributed by atoms with Crippen molar-refractivity contribution in [2.24, 2.45) is 0 Å². The third-order valence-corrected chi connectivity index (χ3v) is 5.57. The molecule has 134 valence electrons. The molecule has 1 aromatic carbocycles. The van der Waals surface area contributed by atoms with Crippen LogP contribution < -0.4 is 4.90 Å². The fourth-order valence-corrected chi connectivity index (χ4v) is 4.05. The van der Waals surface area contributed by atoms with E-state index in [0.717, 1.165) is 23.3 Å². The van der Waals surface area contributed by atoms with Crippen LogP contribution in [0.5, 0.6) is 0 Å². The zero-order valence-corrected chi connectivity index (χ0v) is 15.2. The van der Waals surface area contributed by atoms with E-state index in [4.69, 9.17) is 11.6 Å². The molecule has 8 heteroatoms. The van der Waals surface area contributed by atoms with Crippen LogP contribution in [0.25, 0.3) is 21.6 Å². The van der Waals surface area contributed by atoms with Crippen molar-refractivity contribution in [1.29, 1.82) is 0 Å². The first kappa shape index (κ1) is 17.3. The minimum Gasteiger partial charge on any atom is -0.355 e. The van der Waals surface area contributed by atoms with E-state index >= 15 is 0 Å². The van der Waals surface area contributed by atoms with Gasteiger partial charge in [-0.25, -0.2) is 18.7 Å². The fourth-order valence-electron chi connectivity index (χ4n) is 3.05. The van der Waals surface area contributed by atoms with Crippen molar-refractivity contribution in [3.63, 3.8) is 0 Å². The van der Waals surface area contributed by atoms with Gasteiger partial charge in [0.25, 0.3) is 0 Å². The van der Waals surface area contributed by atoms with Crippen molar-refractivity contribution in [1.82, 2.24) is 9.97 Å². The normalized spacial score (nSPS) is 15.5. The quantitative estimate of drug-likeness (QED) is 0.584. The highest BCUT2D eigenvalue weighted by Gasteiger charge is 2.21. The van der Waals surface area contributed by atoms with Crippen LogP contribution in [0.1, 0.15) is 19.3 Å². The molecule has 0 amide bonds. The number of carbonyl (C=O) groups is 1. The molecule has 1 saturated heterocycles. The number of hydrogen-bond donors (Lipinski definition) is 0. The van der Waals surface area contributed by atoms with Crippen LogP contribution in [-0.4, -0.2) is 28.8 Å². The second-order valence-corrected chi connectivity index (χ2v) is 7.45. The van der Waals surface area contributed by atoms with E-state index in [9.17, 15) is 13.6 Å². The maximum atomic E-state index is 14.3. The maximum Gasteiger partial charge on any atom is 0.165 e. The number of thiophene rings is 1. The van der Waals surface area contributed by atoms with Crippen molar-refractivity contribution >= 4 is 44.8 Å². The zero-order valence-electron chi connectivity index (χ0n) is 13.6. The molecular formula is C18H14ClF2N3OS. The first-order valence-corrected chi connectivity index (χ1v) is 9.45. The summed E-state index contributed by atoms with van der Waals surface area (Å²) in [6.45, 7) is 1.24. The Kier molecular flexibility index (Phi) is 4.58. The lowest BCUT2D eigenvalue weighted by Crippen LogP contribution is -2.25. The number of carbonyl (C=O) groups excluding carboxylic acids is 1. The van der Waals surface area contributed by atoms with E-state index < -0.39 is 11.6 Å². The standard InChI is InChI=1S/C18H14ClF2N3OS/c19-12-9-13(20)11(8-14(12)21)17-22-15-4-7-26-16(15)18(23-17)24-5-1-2-10(25)3-6-24/h4,7-9H,1-3,5-6H2. The highest BCUT2D eigenvalue weighted by molar-refractivity contribution is 7.17. The van der Waals surface area contributed by atoms with Crippen molar-refractivity contribution in [2.75, 3.05) is 18.0 Å². The van der Waals surface area contributed by atoms with E-state index in [1.54, 1.807) is 0 Å². The number of rotatable bonds is 2. The molecule has 1 aliphatic rings. The van der Waals surface area contributed by atoms with Crippen LogP contribution in [0.2, 0.25) is 5.02 Å². The SMILES string of the molecule is O=C1CCCN(c2nc(-c3cc(F)c(Cl)cc3F)nc3ccsc23)CC1. The Morgan fingerprint density at radius 2 is 1.96 bits per heavy atom. The van der Waals surface area contributed by atoms with Crippen LogP contribution in [0, 0.1) is 11.6 Å². The number of Topliss-reactive ketones (excluding diaryl/α,β-unsaturated/α-hetero) is 1. The van der Waals surface area contributed by atoms with E-state index in [1.807, 2.05) is 16.3 Å². The Morgan fingerprint density at radius 1 is 1.12 bits per heavy atom. The minimum absolute atomic E-state index is 0.0350. The highest BCUT2D eigenvalue weighted by atomic mass is 35.5. The molecule has 3 heterocycles. The monoisotopic (exact) mass is 393 g/mol. The number of anilines is 1. The van der Waals surface area contributed by atoms with Crippen molar-refractivity contribution in [2.45, 2.75) is 19.3 Å². The second-order valence-electron chi connectivity index (χ2n) is 6.13. The summed E-state index contributed by atoms with van der Waals surface area (Å²) >= 11 is 7.13. The predicted molar refractivity (Wildman–Crippen MR) is 98.8 cm³/mol. The van der Waals surface area contributed by atoms with E-state index in [-0.39, 0.29) is 22.2 Å². The van der Waals surface area contributed by atoms with Gasteiger partial charge in [-0.1, -0.05) is 11.6 Å². The average molecular weight is 394 g/mol. The first-order valence-electron chi connectivity index (χ1n) is 8.20. The van der Waals surface area contributed by atoms with Gasteiger partial charge in [-0.3, -0.25) is 4.79 Å². The maximum absolute atomic E-state index is 14.3. The predicted octanol–water partition coefficient (Wildman–Crippen LogP) is 4.85. The van der Waals surface area contributed by atoms with Gasteiger partial charge in [0.15, 0.2) is 11.6 Å². The van der Waals surface area contributed by atoms with Gasteiger partial charge in [-0.05, 0) is 30.0 Å². The number of benzene rings is 1. The fraction of sp³-hybridized carbons (Fsp3) is 0.278. The summed E-state index contributed by atoms with van der Waals surface area (Å²) in [5.41, 5.74) is 0.632. The highest BCUT2D eigenvalue weighted by Crippen LogP contribution is 2.34. The number of halogens is 3. The molecule has 1 fully saturated rings. The molecule has 0 bridgehead atoms. The van der Waals surface area contributed by atoms with Gasteiger partial charge < -0.3 is 4.90 Å². The van der Waals surface area contributed by atoms with E-state index in [0.29, 0.717) is 37.3 Å². The lowest BCUT2D eigenvalue weighted by atomic mass is 10.2. The van der Waals surface area contributed by atoms with Crippen LogP contribution >= 0.6 is 22.9 Å². The molecule has 3 aromatic rings. The molecule has 1 aliphatic heterocycles. The summed E-state index contributed by atoms with van der Waals surface area (Å²) < 4.78 is 29.1. The molecule has 0 aliphatic carbocycles. The van der Waals surface area contributed by atoms with Gasteiger partial charge >= 0.3 is 0 Å². The molecule has 2 aromatic heterocycles. The van der Waals surface area contributed by atoms with Crippen LogP contribution in [0.4, 0.5) is 14.6 Å². The second kappa shape index (κ2) is 6.89. The first-order chi connectivity index (χ1) is 12.5. The van der Waals surface area contributed by atoms with E-state index in [2.05, 4.69) is 9.97 Å². The molecule has 0 spiro atoms. The number of fused-ring (bicyclic) bond motifs is 1. The lowest BCUT2D eigenvalue weighted by molar-refractivity contribution is -0.118. The zero-order chi connectivity index (χ0) is 18.3. The molecule has 0 unspecified atom stereocenters. The van der Waals surface area contributed by atoms with Crippen molar-refractivity contribution in [3.05, 3.63) is 40.2 Å². The Morgan fingerprint density at radius 3 is 2.81 bits per heavy atom. The summed E-state index contributed by atoms with van der Waals surface area (Å²) in [5.74, 6) is -0.406. The van der Waals surface area contributed by atoms with Gasteiger partial charge in [0.1, 0.15) is 17.4 Å². The van der Waals surface area contributed by atoms with Crippen LogP contribution in [0.3, 0.4) is 0 Å². The molecule has 0 N–H and O–H groups in total. The summed E-state index contributed by atoms with van der Waals surface area (Å²) in [4.78, 5) is 22.7.